The van der Waals surface area contributed by atoms with Gasteiger partial charge in [0.15, 0.2) is 0 Å². The number of anilines is 1. The summed E-state index contributed by atoms with van der Waals surface area (Å²) in [6, 6.07) is 7.66. The summed E-state index contributed by atoms with van der Waals surface area (Å²) in [6.07, 6.45) is 2.95. The van der Waals surface area contributed by atoms with Gasteiger partial charge in [0.25, 0.3) is 5.91 Å². The number of rotatable bonds is 7. The number of nitrogens with two attached hydrogens (primary N) is 1. The largest absolute Gasteiger partial charge is 0.364 e. The lowest BCUT2D eigenvalue weighted by Crippen LogP contribution is -2.33. The van der Waals surface area contributed by atoms with Gasteiger partial charge in [0.2, 0.25) is 5.91 Å². The number of aromatic nitrogens is 1. The molecule has 1 aliphatic heterocycles. The van der Waals surface area contributed by atoms with Crippen molar-refractivity contribution in [2.24, 2.45) is 5.73 Å². The van der Waals surface area contributed by atoms with Crippen molar-refractivity contribution in [2.45, 2.75) is 45.4 Å². The second kappa shape index (κ2) is 8.54. The maximum Gasteiger partial charge on any atom is 0.253 e. The number of hydrogen-bond donors (Lipinski definition) is 2. The summed E-state index contributed by atoms with van der Waals surface area (Å²) in [5, 5.41) is 3.90. The molecule has 0 aliphatic carbocycles. The molecule has 2 atom stereocenters. The summed E-state index contributed by atoms with van der Waals surface area (Å²) in [4.78, 5) is 26.5. The quantitative estimate of drug-likeness (QED) is 0.777. The molecule has 0 radical (unpaired) electrons. The van der Waals surface area contributed by atoms with E-state index in [1.54, 1.807) is 0 Å². The third-order valence-electron chi connectivity index (χ3n) is 5.12. The van der Waals surface area contributed by atoms with E-state index in [0.717, 1.165) is 23.0 Å². The highest BCUT2D eigenvalue weighted by atomic mass is 16.5. The molecule has 0 spiro atoms. The molecule has 0 saturated carbocycles. The van der Waals surface area contributed by atoms with Crippen LogP contribution in [-0.2, 0) is 20.9 Å². The van der Waals surface area contributed by atoms with Crippen molar-refractivity contribution in [2.75, 3.05) is 25.0 Å². The Morgan fingerprint density at radius 3 is 2.70 bits per heavy atom. The molecule has 7 heteroatoms. The van der Waals surface area contributed by atoms with E-state index in [1.807, 2.05) is 53.8 Å². The number of fused-ring (bicyclic) bond motifs is 1. The van der Waals surface area contributed by atoms with Crippen LogP contribution in [0.2, 0.25) is 0 Å². The van der Waals surface area contributed by atoms with E-state index in [1.165, 1.54) is 0 Å². The van der Waals surface area contributed by atoms with Gasteiger partial charge in [0, 0.05) is 42.4 Å². The number of likely N-dealkylation sites (N-methyl/N-ethyl adjacent to an activating group) is 1. The molecule has 2 aromatic rings. The molecular weight excluding hydrogens is 344 g/mol. The van der Waals surface area contributed by atoms with Crippen molar-refractivity contribution in [1.82, 2.24) is 9.47 Å². The topological polar surface area (TPSA) is 89.6 Å². The van der Waals surface area contributed by atoms with Crippen molar-refractivity contribution < 1.29 is 14.3 Å². The zero-order chi connectivity index (χ0) is 19.4. The van der Waals surface area contributed by atoms with Gasteiger partial charge >= 0.3 is 0 Å². The van der Waals surface area contributed by atoms with Crippen LogP contribution in [0.25, 0.3) is 10.9 Å². The molecule has 0 bridgehead atoms. The van der Waals surface area contributed by atoms with Crippen LogP contribution in [0.1, 0.15) is 26.7 Å². The summed E-state index contributed by atoms with van der Waals surface area (Å²) in [6.45, 7) is 6.13. The third-order valence-corrected chi connectivity index (χ3v) is 5.12. The molecule has 1 saturated heterocycles. The second-order valence-corrected chi connectivity index (χ2v) is 6.83. The molecule has 2 amide bonds. The summed E-state index contributed by atoms with van der Waals surface area (Å²) in [5.74, 6) is -0.0378. The molecule has 3 rings (SSSR count). The first-order chi connectivity index (χ1) is 13.0. The first-order valence-corrected chi connectivity index (χ1v) is 9.58. The Bertz CT molecular complexity index is 813. The fraction of sp³-hybridized carbons (Fsp3) is 0.500. The van der Waals surface area contributed by atoms with Crippen molar-refractivity contribution in [3.63, 3.8) is 0 Å². The fourth-order valence-corrected chi connectivity index (χ4v) is 3.53. The monoisotopic (exact) mass is 372 g/mol. The zero-order valence-electron chi connectivity index (χ0n) is 16.0. The standard InChI is InChI=1S/C20H28N4O3/c1-3-23(4-2)19(25)13-24-10-9-14-11-15(5-7-17(14)24)22-20(26)18-8-6-16(12-21)27-18/h5,7,9-11,16,18H,3-4,6,8,12-13,21H2,1-2H3,(H,22,26)/t16-,18+/m1/s1. The minimum absolute atomic E-state index is 0.0272. The molecule has 0 unspecified atom stereocenters. The summed E-state index contributed by atoms with van der Waals surface area (Å²) >= 11 is 0. The molecule has 7 nitrogen and oxygen atoms in total. The number of carbonyl (C=O) groups excluding carboxylic acids is 2. The maximum absolute atomic E-state index is 12.4. The second-order valence-electron chi connectivity index (χ2n) is 6.83. The Labute approximate surface area is 159 Å². The molecule has 146 valence electrons. The Morgan fingerprint density at radius 1 is 1.26 bits per heavy atom. The molecule has 1 aromatic heterocycles. The number of nitrogens with one attached hydrogen (secondary N) is 1. The average Bonchev–Trinajstić information content (AvgIpc) is 3.30. The Hall–Kier alpha value is -2.38. The van der Waals surface area contributed by atoms with Crippen LogP contribution < -0.4 is 11.1 Å². The smallest absolute Gasteiger partial charge is 0.253 e. The van der Waals surface area contributed by atoms with Crippen molar-refractivity contribution in [3.05, 3.63) is 30.5 Å². The fourth-order valence-electron chi connectivity index (χ4n) is 3.53. The number of hydrogen-bond acceptors (Lipinski definition) is 4. The van der Waals surface area contributed by atoms with E-state index in [4.69, 9.17) is 10.5 Å². The SMILES string of the molecule is CCN(CC)C(=O)Cn1ccc2cc(NC(=O)[C@@H]3CC[C@H](CN)O3)ccc21. The number of benzene rings is 1. The van der Waals surface area contributed by atoms with Crippen LogP contribution in [-0.4, -0.2) is 53.1 Å². The molecule has 2 heterocycles. The van der Waals surface area contributed by atoms with E-state index in [-0.39, 0.29) is 17.9 Å². The normalized spacial score (nSPS) is 19.4. The predicted molar refractivity (Wildman–Crippen MR) is 105 cm³/mol. The predicted octanol–water partition coefficient (Wildman–Crippen LogP) is 1.95. The van der Waals surface area contributed by atoms with E-state index in [9.17, 15) is 9.59 Å². The van der Waals surface area contributed by atoms with Gasteiger partial charge in [-0.1, -0.05) is 0 Å². The van der Waals surface area contributed by atoms with Crippen LogP contribution in [0.15, 0.2) is 30.5 Å². The van der Waals surface area contributed by atoms with Crippen LogP contribution in [0.3, 0.4) is 0 Å². The third kappa shape index (κ3) is 4.31. The lowest BCUT2D eigenvalue weighted by atomic mass is 10.2. The first kappa shape index (κ1) is 19.4. The lowest BCUT2D eigenvalue weighted by Gasteiger charge is -2.19. The molecule has 27 heavy (non-hydrogen) atoms. The van der Waals surface area contributed by atoms with Gasteiger partial charge in [-0.2, -0.15) is 0 Å². The number of amides is 2. The number of ether oxygens (including phenoxy) is 1. The maximum atomic E-state index is 12.4. The van der Waals surface area contributed by atoms with Gasteiger partial charge in [0.05, 0.1) is 6.10 Å². The Morgan fingerprint density at radius 2 is 2.04 bits per heavy atom. The average molecular weight is 372 g/mol. The van der Waals surface area contributed by atoms with Crippen LogP contribution in [0.5, 0.6) is 0 Å². The molecule has 1 fully saturated rings. The molecular formula is C20H28N4O3. The molecule has 3 N–H and O–H groups in total. The van der Waals surface area contributed by atoms with Gasteiger partial charge < -0.3 is 25.3 Å². The Balaban J connectivity index is 1.68. The van der Waals surface area contributed by atoms with Crippen molar-refractivity contribution in [3.8, 4) is 0 Å². The van der Waals surface area contributed by atoms with E-state index < -0.39 is 6.10 Å². The van der Waals surface area contributed by atoms with Gasteiger partial charge in [-0.25, -0.2) is 0 Å². The molecule has 1 aromatic carbocycles. The van der Waals surface area contributed by atoms with E-state index >= 15 is 0 Å². The van der Waals surface area contributed by atoms with E-state index in [2.05, 4.69) is 5.32 Å². The lowest BCUT2D eigenvalue weighted by molar-refractivity contribution is -0.131. The summed E-state index contributed by atoms with van der Waals surface area (Å²) in [5.41, 5.74) is 7.29. The van der Waals surface area contributed by atoms with Crippen molar-refractivity contribution >= 4 is 28.4 Å². The van der Waals surface area contributed by atoms with E-state index in [0.29, 0.717) is 32.6 Å². The number of nitrogens with zero attached hydrogens (tertiary/aromatic N) is 2. The first-order valence-electron chi connectivity index (χ1n) is 9.58. The highest BCUT2D eigenvalue weighted by Gasteiger charge is 2.29. The highest BCUT2D eigenvalue weighted by molar-refractivity contribution is 5.96. The summed E-state index contributed by atoms with van der Waals surface area (Å²) < 4.78 is 7.58. The van der Waals surface area contributed by atoms with Crippen molar-refractivity contribution in [1.29, 1.82) is 0 Å². The van der Waals surface area contributed by atoms with Crippen LogP contribution >= 0.6 is 0 Å². The van der Waals surface area contributed by atoms with Gasteiger partial charge in [-0.3, -0.25) is 9.59 Å². The Kier molecular flexibility index (Phi) is 6.13. The van der Waals surface area contributed by atoms with Crippen LogP contribution in [0.4, 0.5) is 5.69 Å². The summed E-state index contributed by atoms with van der Waals surface area (Å²) in [7, 11) is 0. The minimum Gasteiger partial charge on any atom is -0.364 e. The van der Waals surface area contributed by atoms with Gasteiger partial charge in [0.1, 0.15) is 12.6 Å². The van der Waals surface area contributed by atoms with Gasteiger partial charge in [-0.15, -0.1) is 0 Å². The van der Waals surface area contributed by atoms with Crippen LogP contribution in [0, 0.1) is 0 Å². The number of carbonyl (C=O) groups is 2. The van der Waals surface area contributed by atoms with Gasteiger partial charge in [-0.05, 0) is 51.0 Å². The zero-order valence-corrected chi connectivity index (χ0v) is 16.0. The minimum atomic E-state index is -0.439. The molecule has 1 aliphatic rings. The highest BCUT2D eigenvalue weighted by Crippen LogP contribution is 2.23.